The van der Waals surface area contributed by atoms with Crippen molar-refractivity contribution in [2.45, 2.75) is 0 Å². The summed E-state index contributed by atoms with van der Waals surface area (Å²) in [6.45, 7) is 0. The Labute approximate surface area is 89.7 Å². The van der Waals surface area contributed by atoms with E-state index in [2.05, 4.69) is 0 Å². The van der Waals surface area contributed by atoms with Crippen LogP contribution in [0, 0.1) is 0 Å². The summed E-state index contributed by atoms with van der Waals surface area (Å²) in [7, 11) is 0. The number of carboxylic acid groups (broad SMARTS) is 2. The molecule has 1 aromatic carbocycles. The zero-order valence-corrected chi connectivity index (χ0v) is 7.89. The fraction of sp³-hybridized carbons (Fsp3) is 0. The number of anilines is 1. The van der Waals surface area contributed by atoms with Gasteiger partial charge in [0.15, 0.2) is 0 Å². The third-order valence-electron chi connectivity index (χ3n) is 1.45. The van der Waals surface area contributed by atoms with E-state index in [4.69, 9.17) is 15.9 Å². The number of rotatable bonds is 2. The molecule has 14 heavy (non-hydrogen) atoms. The maximum Gasteiger partial charge on any atom is 0.335 e. The first-order valence-electron chi connectivity index (χ1n) is 3.38. The Morgan fingerprint density at radius 3 is 1.64 bits per heavy atom. The monoisotopic (exact) mass is 240 g/mol. The molecule has 5 nitrogen and oxygen atoms in total. The van der Waals surface area contributed by atoms with Gasteiger partial charge in [-0.1, -0.05) is 0 Å². The van der Waals surface area contributed by atoms with Crippen molar-refractivity contribution in [1.82, 2.24) is 0 Å². The molecule has 0 saturated carbocycles. The number of carboxylic acids is 2. The quantitative estimate of drug-likeness (QED) is 0.659. The van der Waals surface area contributed by atoms with E-state index < -0.39 is 11.9 Å². The molecule has 0 spiro atoms. The second-order valence-electron chi connectivity index (χ2n) is 2.45. The van der Waals surface area contributed by atoms with Gasteiger partial charge in [-0.25, -0.2) is 9.59 Å². The predicted molar refractivity (Wildman–Crippen MR) is 44.8 cm³/mol. The maximum atomic E-state index is 10.5. The molecule has 0 aromatic heterocycles. The third kappa shape index (κ3) is 2.75. The zero-order chi connectivity index (χ0) is 10.0. The molecule has 6 heteroatoms. The average Bonchev–Trinajstić information content (AvgIpc) is 2.03. The van der Waals surface area contributed by atoms with E-state index in [-0.39, 0.29) is 33.6 Å². The molecule has 1 aromatic rings. The molecule has 0 aliphatic heterocycles. The van der Waals surface area contributed by atoms with E-state index in [0.717, 1.165) is 6.07 Å². The normalized spacial score (nSPS) is 8.86. The molecular weight excluding hydrogens is 233 g/mol. The Hall–Kier alpha value is -1.53. The van der Waals surface area contributed by atoms with Crippen LogP contribution in [0.4, 0.5) is 5.69 Å². The van der Waals surface area contributed by atoms with Gasteiger partial charge in [0.2, 0.25) is 0 Å². The van der Waals surface area contributed by atoms with E-state index in [9.17, 15) is 9.59 Å². The van der Waals surface area contributed by atoms with Crippen molar-refractivity contribution in [3.63, 3.8) is 0 Å². The van der Waals surface area contributed by atoms with Gasteiger partial charge in [-0.3, -0.25) is 0 Å². The van der Waals surface area contributed by atoms with Crippen molar-refractivity contribution in [2.24, 2.45) is 0 Å². The number of nitrogens with two attached hydrogens (primary N) is 1. The summed E-state index contributed by atoms with van der Waals surface area (Å²) >= 11 is 0. The minimum atomic E-state index is -1.20. The van der Waals surface area contributed by atoms with Crippen molar-refractivity contribution < 1.29 is 36.6 Å². The largest absolute Gasteiger partial charge is 0.478 e. The summed E-state index contributed by atoms with van der Waals surface area (Å²) < 4.78 is 0. The number of carbonyl (C=O) groups is 2. The molecule has 0 heterocycles. The summed E-state index contributed by atoms with van der Waals surface area (Å²) in [4.78, 5) is 21.0. The van der Waals surface area contributed by atoms with Crippen LogP contribution in [0.2, 0.25) is 0 Å². The number of aromatic carboxylic acids is 2. The second-order valence-corrected chi connectivity index (χ2v) is 2.45. The fourth-order valence-electron chi connectivity index (χ4n) is 0.899. The average molecular weight is 240 g/mol. The molecule has 0 unspecified atom stereocenters. The van der Waals surface area contributed by atoms with Gasteiger partial charge in [-0.05, 0) is 18.2 Å². The van der Waals surface area contributed by atoms with Gasteiger partial charge in [-0.2, -0.15) is 0 Å². The van der Waals surface area contributed by atoms with Gasteiger partial charge in [0, 0.05) is 22.5 Å². The Morgan fingerprint density at radius 2 is 1.36 bits per heavy atom. The van der Waals surface area contributed by atoms with Crippen LogP contribution in [0.3, 0.4) is 0 Å². The van der Waals surface area contributed by atoms with Crippen LogP contribution in [0.1, 0.15) is 20.7 Å². The second kappa shape index (κ2) is 4.63. The topological polar surface area (TPSA) is 101 Å². The Morgan fingerprint density at radius 1 is 1.00 bits per heavy atom. The van der Waals surface area contributed by atoms with E-state index in [1.54, 1.807) is 0 Å². The molecule has 0 aliphatic carbocycles. The summed E-state index contributed by atoms with van der Waals surface area (Å²) in [6, 6.07) is 3.46. The molecule has 77 valence electrons. The van der Waals surface area contributed by atoms with Crippen LogP contribution in [0.15, 0.2) is 18.2 Å². The van der Waals surface area contributed by atoms with Crippen LogP contribution in [0.5, 0.6) is 0 Å². The number of hydrogen-bond donors (Lipinski definition) is 3. The fourth-order valence-corrected chi connectivity index (χ4v) is 0.899. The van der Waals surface area contributed by atoms with Crippen LogP contribution >= 0.6 is 0 Å². The van der Waals surface area contributed by atoms with Gasteiger partial charge < -0.3 is 15.9 Å². The Bertz CT molecular complexity index is 345. The van der Waals surface area contributed by atoms with Crippen LogP contribution in [-0.4, -0.2) is 22.2 Å². The smallest absolute Gasteiger partial charge is 0.335 e. The first-order chi connectivity index (χ1) is 6.00. The van der Waals surface area contributed by atoms with Crippen molar-refractivity contribution >= 4 is 17.6 Å². The van der Waals surface area contributed by atoms with Crippen LogP contribution in [0.25, 0.3) is 0 Å². The van der Waals surface area contributed by atoms with Crippen molar-refractivity contribution in [3.05, 3.63) is 29.3 Å². The van der Waals surface area contributed by atoms with E-state index >= 15 is 0 Å². The first kappa shape index (κ1) is 12.5. The molecule has 0 fully saturated rings. The number of hydrogen-bond acceptors (Lipinski definition) is 3. The molecule has 0 atom stereocenters. The molecular formula is C8H7CoNO4. The number of nitrogen functional groups attached to an aromatic ring is 1. The number of benzene rings is 1. The summed E-state index contributed by atoms with van der Waals surface area (Å²) in [5.74, 6) is -2.40. The minimum absolute atomic E-state index is 0. The SMILES string of the molecule is Nc1cc(C(=O)O)cc(C(=O)O)c1.[Co]. The van der Waals surface area contributed by atoms with E-state index in [0.29, 0.717) is 0 Å². The molecule has 0 aliphatic rings. The summed E-state index contributed by atoms with van der Waals surface area (Å²) in [5.41, 5.74) is 5.18. The van der Waals surface area contributed by atoms with Gasteiger partial charge in [0.05, 0.1) is 11.1 Å². The molecule has 0 bridgehead atoms. The third-order valence-corrected chi connectivity index (χ3v) is 1.45. The van der Waals surface area contributed by atoms with Gasteiger partial charge in [0.1, 0.15) is 0 Å². The van der Waals surface area contributed by atoms with Crippen molar-refractivity contribution in [1.29, 1.82) is 0 Å². The van der Waals surface area contributed by atoms with E-state index in [1.807, 2.05) is 0 Å². The first-order valence-corrected chi connectivity index (χ1v) is 3.38. The van der Waals surface area contributed by atoms with Crippen LogP contribution < -0.4 is 5.73 Å². The molecule has 4 N–H and O–H groups in total. The summed E-state index contributed by atoms with van der Waals surface area (Å²) in [5, 5.41) is 17.1. The molecule has 1 rings (SSSR count). The van der Waals surface area contributed by atoms with Crippen molar-refractivity contribution in [3.8, 4) is 0 Å². The van der Waals surface area contributed by atoms with Crippen LogP contribution in [-0.2, 0) is 16.8 Å². The molecule has 0 amide bonds. The Balaban J connectivity index is 0.00000169. The van der Waals surface area contributed by atoms with Crippen molar-refractivity contribution in [2.75, 3.05) is 5.73 Å². The van der Waals surface area contributed by atoms with Gasteiger partial charge in [-0.15, -0.1) is 0 Å². The minimum Gasteiger partial charge on any atom is -0.478 e. The van der Waals surface area contributed by atoms with Gasteiger partial charge >= 0.3 is 11.9 Å². The van der Waals surface area contributed by atoms with E-state index in [1.165, 1.54) is 12.1 Å². The maximum absolute atomic E-state index is 10.5. The predicted octanol–water partition coefficient (Wildman–Crippen LogP) is 0.663. The zero-order valence-electron chi connectivity index (χ0n) is 6.85. The Kier molecular flexibility index (Phi) is 4.13. The molecule has 0 saturated heterocycles. The summed E-state index contributed by atoms with van der Waals surface area (Å²) in [6.07, 6.45) is 0. The standard InChI is InChI=1S/C8H7NO4.Co/c9-6-2-4(7(10)11)1-5(3-6)8(12)13;/h1-3H,9H2,(H,10,11)(H,12,13);. The molecule has 1 radical (unpaired) electrons. The van der Waals surface area contributed by atoms with Gasteiger partial charge in [0.25, 0.3) is 0 Å².